The molecule has 0 saturated carbocycles. The van der Waals surface area contributed by atoms with Gasteiger partial charge in [0.25, 0.3) is 0 Å². The molecule has 0 bridgehead atoms. The van der Waals surface area contributed by atoms with Gasteiger partial charge in [0.05, 0.1) is 6.61 Å². The highest BCUT2D eigenvalue weighted by Crippen LogP contribution is 2.30. The molecular formula is C39H67NO7. The van der Waals surface area contributed by atoms with Gasteiger partial charge in [-0.25, -0.2) is 0 Å². The van der Waals surface area contributed by atoms with Crippen LogP contribution in [0.3, 0.4) is 0 Å². The summed E-state index contributed by atoms with van der Waals surface area (Å²) in [6, 6.07) is 4.76. The minimum Gasteiger partial charge on any atom is -0.493 e. The molecule has 0 aliphatic carbocycles. The van der Waals surface area contributed by atoms with Gasteiger partial charge in [-0.05, 0) is 12.8 Å². The van der Waals surface area contributed by atoms with Gasteiger partial charge in [0.1, 0.15) is 24.6 Å². The molecule has 8 nitrogen and oxygen atoms in total. The average Bonchev–Trinajstić information content (AvgIpc) is 3.03. The minimum absolute atomic E-state index is 0.231. The highest BCUT2D eigenvalue weighted by Gasteiger charge is 2.18. The van der Waals surface area contributed by atoms with Gasteiger partial charge >= 0.3 is 17.9 Å². The zero-order valence-corrected chi connectivity index (χ0v) is 29.9. The van der Waals surface area contributed by atoms with E-state index in [1.807, 2.05) is 0 Å². The lowest BCUT2D eigenvalue weighted by atomic mass is 10.0. The fourth-order valence-electron chi connectivity index (χ4n) is 5.87. The first-order chi connectivity index (χ1) is 22.8. The van der Waals surface area contributed by atoms with Crippen LogP contribution in [-0.4, -0.2) is 47.8 Å². The van der Waals surface area contributed by atoms with E-state index in [0.29, 0.717) is 24.5 Å². The lowest BCUT2D eigenvalue weighted by Crippen LogP contribution is -2.34. The first kappa shape index (κ1) is 42.3. The number of carboxylic acid groups (broad SMARTS) is 2. The molecule has 0 aliphatic heterocycles. The average molecular weight is 662 g/mol. The molecule has 2 N–H and O–H groups in total. The number of carbonyl (C=O) groups is 3. The van der Waals surface area contributed by atoms with Gasteiger partial charge in [0.15, 0.2) is 0 Å². The molecule has 0 spiro atoms. The monoisotopic (exact) mass is 661 g/mol. The number of carboxylic acids is 2. The summed E-state index contributed by atoms with van der Waals surface area (Å²) in [5.41, 5.74) is 0.328. The summed E-state index contributed by atoms with van der Waals surface area (Å²) < 4.78 is 11.6. The normalized spacial score (nSPS) is 11.0. The van der Waals surface area contributed by atoms with Crippen molar-refractivity contribution in [3.8, 4) is 11.5 Å². The zero-order chi connectivity index (χ0) is 34.4. The van der Waals surface area contributed by atoms with E-state index in [-0.39, 0.29) is 11.7 Å². The van der Waals surface area contributed by atoms with E-state index < -0.39 is 25.0 Å². The van der Waals surface area contributed by atoms with Crippen LogP contribution in [0.2, 0.25) is 0 Å². The summed E-state index contributed by atoms with van der Waals surface area (Å²) in [6.07, 6.45) is 29.9. The maximum atomic E-state index is 12.6. The van der Waals surface area contributed by atoms with Gasteiger partial charge in [-0.15, -0.1) is 0 Å². The van der Waals surface area contributed by atoms with E-state index in [4.69, 9.17) is 9.47 Å². The summed E-state index contributed by atoms with van der Waals surface area (Å²) in [5, 5.41) is 18.7. The van der Waals surface area contributed by atoms with E-state index in [0.717, 1.165) is 38.5 Å². The second-order valence-electron chi connectivity index (χ2n) is 13.2. The van der Waals surface area contributed by atoms with Crippen molar-refractivity contribution >= 4 is 23.6 Å². The van der Waals surface area contributed by atoms with Crippen LogP contribution in [0, 0.1) is 0 Å². The highest BCUT2D eigenvalue weighted by molar-refractivity contribution is 5.80. The molecule has 1 aromatic carbocycles. The van der Waals surface area contributed by atoms with Gasteiger partial charge < -0.3 is 24.6 Å². The Bertz CT molecular complexity index is 935. The van der Waals surface area contributed by atoms with Crippen LogP contribution in [0.25, 0.3) is 0 Å². The van der Waals surface area contributed by atoms with E-state index in [1.54, 1.807) is 12.1 Å². The predicted molar refractivity (Wildman–Crippen MR) is 192 cm³/mol. The Hall–Kier alpha value is -2.77. The minimum atomic E-state index is -1.15. The van der Waals surface area contributed by atoms with Gasteiger partial charge in [-0.2, -0.15) is 0 Å². The third kappa shape index (κ3) is 25.0. The summed E-state index contributed by atoms with van der Waals surface area (Å²) in [4.78, 5) is 36.7. The standard InChI is InChI=1S/C39H67NO7/c1-3-5-7-9-11-13-14-15-16-17-18-19-20-22-24-26-28-46-35-29-34(40(32-37(41)42)33-38(43)44)30-36(31-35)47-39(45)27-25-23-21-12-10-8-6-4-2/h29-31H,3-28,32-33H2,1-2H3,(H,41,42)(H,43,44). The molecule has 0 aromatic heterocycles. The SMILES string of the molecule is CCCCCCCCCCCCCCCCCCOc1cc(OC(=O)CCCCCCCCCC)cc(N(CC(=O)O)CC(=O)O)c1. The molecule has 0 heterocycles. The van der Waals surface area contributed by atoms with Gasteiger partial charge in [0.2, 0.25) is 0 Å². The molecule has 0 unspecified atom stereocenters. The van der Waals surface area contributed by atoms with Crippen LogP contribution in [0.1, 0.15) is 174 Å². The molecule has 1 aromatic rings. The second kappa shape index (κ2) is 29.4. The number of carbonyl (C=O) groups excluding carboxylic acids is 1. The molecule has 0 amide bonds. The van der Waals surface area contributed by atoms with Crippen molar-refractivity contribution in [1.82, 2.24) is 0 Å². The largest absolute Gasteiger partial charge is 0.493 e. The topological polar surface area (TPSA) is 113 Å². The van der Waals surface area contributed by atoms with Crippen molar-refractivity contribution < 1.29 is 34.1 Å². The lowest BCUT2D eigenvalue weighted by molar-refractivity contribution is -0.137. The summed E-state index contributed by atoms with van der Waals surface area (Å²) >= 11 is 0. The summed E-state index contributed by atoms with van der Waals surface area (Å²) in [5.74, 6) is -2.01. The van der Waals surface area contributed by atoms with Crippen molar-refractivity contribution in [3.63, 3.8) is 0 Å². The molecule has 0 saturated heterocycles. The molecule has 1 rings (SSSR count). The van der Waals surface area contributed by atoms with Crippen molar-refractivity contribution in [2.75, 3.05) is 24.6 Å². The molecule has 270 valence electrons. The number of hydrogen-bond donors (Lipinski definition) is 2. The predicted octanol–water partition coefficient (Wildman–Crippen LogP) is 10.7. The van der Waals surface area contributed by atoms with Crippen LogP contribution in [-0.2, 0) is 14.4 Å². The third-order valence-electron chi connectivity index (χ3n) is 8.61. The molecule has 8 heteroatoms. The molecule has 0 radical (unpaired) electrons. The Morgan fingerprint density at radius 3 is 1.34 bits per heavy atom. The smallest absolute Gasteiger partial charge is 0.323 e. The van der Waals surface area contributed by atoms with Crippen LogP contribution in [0.4, 0.5) is 5.69 Å². The number of anilines is 1. The maximum Gasteiger partial charge on any atom is 0.323 e. The molecular weight excluding hydrogens is 594 g/mol. The third-order valence-corrected chi connectivity index (χ3v) is 8.61. The van der Waals surface area contributed by atoms with Crippen LogP contribution in [0.5, 0.6) is 11.5 Å². The van der Waals surface area contributed by atoms with Crippen LogP contribution in [0.15, 0.2) is 18.2 Å². The van der Waals surface area contributed by atoms with E-state index in [2.05, 4.69) is 13.8 Å². The lowest BCUT2D eigenvalue weighted by Gasteiger charge is -2.22. The summed E-state index contributed by atoms with van der Waals surface area (Å²) in [6.45, 7) is 3.95. The number of esters is 1. The van der Waals surface area contributed by atoms with Crippen molar-refractivity contribution in [2.24, 2.45) is 0 Å². The Labute approximate surface area is 286 Å². The Balaban J connectivity index is 2.45. The zero-order valence-electron chi connectivity index (χ0n) is 29.9. The number of nitrogens with zero attached hydrogens (tertiary/aromatic N) is 1. The summed E-state index contributed by atoms with van der Waals surface area (Å²) in [7, 11) is 0. The Morgan fingerprint density at radius 1 is 0.532 bits per heavy atom. The van der Waals surface area contributed by atoms with Gasteiger partial charge in [0, 0.05) is 30.3 Å². The first-order valence-corrected chi connectivity index (χ1v) is 19.0. The van der Waals surface area contributed by atoms with Crippen molar-refractivity contribution in [2.45, 2.75) is 174 Å². The molecule has 47 heavy (non-hydrogen) atoms. The van der Waals surface area contributed by atoms with Crippen molar-refractivity contribution in [1.29, 1.82) is 0 Å². The van der Waals surface area contributed by atoms with E-state index in [1.165, 1.54) is 127 Å². The van der Waals surface area contributed by atoms with E-state index >= 15 is 0 Å². The number of hydrogen-bond acceptors (Lipinski definition) is 6. The number of rotatable bonds is 33. The van der Waals surface area contributed by atoms with Crippen molar-refractivity contribution in [3.05, 3.63) is 18.2 Å². The maximum absolute atomic E-state index is 12.6. The highest BCUT2D eigenvalue weighted by atomic mass is 16.5. The van der Waals surface area contributed by atoms with Crippen LogP contribution < -0.4 is 14.4 Å². The Morgan fingerprint density at radius 2 is 0.915 bits per heavy atom. The molecule has 0 atom stereocenters. The molecule has 0 aliphatic rings. The number of benzene rings is 1. The number of unbranched alkanes of at least 4 members (excludes halogenated alkanes) is 22. The second-order valence-corrected chi connectivity index (χ2v) is 13.2. The van der Waals surface area contributed by atoms with E-state index in [9.17, 15) is 24.6 Å². The number of aliphatic carboxylic acids is 2. The first-order valence-electron chi connectivity index (χ1n) is 19.0. The quantitative estimate of drug-likeness (QED) is 0.0434. The fraction of sp³-hybridized carbons (Fsp3) is 0.769. The van der Waals surface area contributed by atoms with Crippen LogP contribution >= 0.6 is 0 Å². The van der Waals surface area contributed by atoms with Gasteiger partial charge in [-0.3, -0.25) is 14.4 Å². The fourth-order valence-corrected chi connectivity index (χ4v) is 5.87. The number of ether oxygens (including phenoxy) is 2. The van der Waals surface area contributed by atoms with Gasteiger partial charge in [-0.1, -0.05) is 155 Å². The molecule has 0 fully saturated rings. The Kier molecular flexibility index (Phi) is 26.4.